The number of thiophene rings is 1. The Balaban J connectivity index is 1.40. The van der Waals surface area contributed by atoms with E-state index in [1.807, 2.05) is 48.7 Å². The van der Waals surface area contributed by atoms with E-state index >= 15 is 0 Å². The molecule has 1 fully saturated rings. The number of amides is 1. The van der Waals surface area contributed by atoms with Crippen molar-refractivity contribution in [2.45, 2.75) is 44.5 Å². The van der Waals surface area contributed by atoms with E-state index in [-0.39, 0.29) is 17.8 Å². The van der Waals surface area contributed by atoms with Crippen LogP contribution in [0.4, 0.5) is 11.4 Å². The first-order chi connectivity index (χ1) is 16.5. The fraction of sp³-hybridized carbons (Fsp3) is 0.333. The molecule has 0 unspecified atom stereocenters. The monoisotopic (exact) mass is 494 g/mol. The molecule has 1 aromatic carbocycles. The Morgan fingerprint density at radius 3 is 2.97 bits per heavy atom. The summed E-state index contributed by atoms with van der Waals surface area (Å²) in [5.41, 5.74) is 10.2. The Kier molecular flexibility index (Phi) is 6.53. The highest BCUT2D eigenvalue weighted by Crippen LogP contribution is 2.40. The number of nitrogens with zero attached hydrogens (tertiary/aromatic N) is 4. The van der Waals surface area contributed by atoms with E-state index in [4.69, 9.17) is 10.5 Å². The molecular weight excluding hydrogens is 468 g/mol. The zero-order valence-electron chi connectivity index (χ0n) is 19.1. The summed E-state index contributed by atoms with van der Waals surface area (Å²) in [6.45, 7) is 5.42. The van der Waals surface area contributed by atoms with Crippen LogP contribution in [0, 0.1) is 13.8 Å². The number of hydrogen-bond donors (Lipinski definition) is 2. The third kappa shape index (κ3) is 4.53. The molecule has 0 saturated carbocycles. The van der Waals surface area contributed by atoms with Crippen LogP contribution in [0.2, 0.25) is 0 Å². The topological polar surface area (TPSA) is 108 Å². The van der Waals surface area contributed by atoms with Crippen molar-refractivity contribution < 1.29 is 9.53 Å². The normalized spacial score (nSPS) is 15.8. The number of carbonyl (C=O) groups excluding carboxylic acids is 1. The Morgan fingerprint density at radius 2 is 2.18 bits per heavy atom. The molecule has 1 amide bonds. The first-order valence-corrected chi connectivity index (χ1v) is 13.0. The molecule has 8 nitrogen and oxygen atoms in total. The molecule has 1 aliphatic heterocycles. The van der Waals surface area contributed by atoms with Gasteiger partial charge in [0, 0.05) is 23.9 Å². The molecule has 34 heavy (non-hydrogen) atoms. The van der Waals surface area contributed by atoms with Gasteiger partial charge in [-0.2, -0.15) is 0 Å². The minimum absolute atomic E-state index is 0.0857. The molecular formula is C24H26N6O2S2. The van der Waals surface area contributed by atoms with Crippen LogP contribution in [0.5, 0.6) is 0 Å². The van der Waals surface area contributed by atoms with Gasteiger partial charge < -0.3 is 15.8 Å². The van der Waals surface area contributed by atoms with Crippen molar-refractivity contribution in [2.75, 3.05) is 23.4 Å². The fourth-order valence-corrected chi connectivity index (χ4v) is 5.84. The summed E-state index contributed by atoms with van der Waals surface area (Å²) < 4.78 is 7.92. The average Bonchev–Trinajstić information content (AvgIpc) is 3.56. The number of benzene rings is 1. The summed E-state index contributed by atoms with van der Waals surface area (Å²) in [5.74, 6) is 0.825. The summed E-state index contributed by atoms with van der Waals surface area (Å²) in [4.78, 5) is 18.9. The van der Waals surface area contributed by atoms with Gasteiger partial charge in [-0.05, 0) is 56.0 Å². The molecule has 1 atom stereocenters. The minimum Gasteiger partial charge on any atom is -0.397 e. The highest BCUT2D eigenvalue weighted by atomic mass is 32.2. The third-order valence-corrected chi connectivity index (χ3v) is 8.14. The Labute approximate surface area is 205 Å². The maximum atomic E-state index is 12.7. The van der Waals surface area contributed by atoms with Gasteiger partial charge in [0.05, 0.1) is 29.0 Å². The van der Waals surface area contributed by atoms with Crippen molar-refractivity contribution in [3.05, 3.63) is 47.7 Å². The molecule has 3 N–H and O–H groups in total. The summed E-state index contributed by atoms with van der Waals surface area (Å²) in [6, 6.07) is 9.74. The fourth-order valence-electron chi connectivity index (χ4n) is 4.04. The predicted octanol–water partition coefficient (Wildman–Crippen LogP) is 4.66. The van der Waals surface area contributed by atoms with E-state index < -0.39 is 0 Å². The number of hydrogen-bond acceptors (Lipinski definition) is 8. The Morgan fingerprint density at radius 1 is 1.29 bits per heavy atom. The quantitative estimate of drug-likeness (QED) is 0.360. The number of nitrogens with two attached hydrogens (primary N) is 1. The first-order valence-electron chi connectivity index (χ1n) is 11.2. The van der Waals surface area contributed by atoms with Gasteiger partial charge in [0.15, 0.2) is 11.0 Å². The van der Waals surface area contributed by atoms with E-state index in [1.165, 1.54) is 23.1 Å². The number of nitrogen functional groups attached to an aromatic ring is 1. The predicted molar refractivity (Wildman–Crippen MR) is 137 cm³/mol. The van der Waals surface area contributed by atoms with E-state index in [2.05, 4.69) is 20.5 Å². The van der Waals surface area contributed by atoms with Crippen molar-refractivity contribution in [2.24, 2.45) is 0 Å². The van der Waals surface area contributed by atoms with Crippen molar-refractivity contribution in [1.82, 2.24) is 19.7 Å². The van der Waals surface area contributed by atoms with Crippen LogP contribution in [-0.4, -0.2) is 44.1 Å². The molecule has 176 valence electrons. The summed E-state index contributed by atoms with van der Waals surface area (Å²) in [7, 11) is 0. The first kappa shape index (κ1) is 22.8. The Hall–Kier alpha value is -2.95. The van der Waals surface area contributed by atoms with E-state index in [1.54, 1.807) is 6.20 Å². The van der Waals surface area contributed by atoms with Crippen molar-refractivity contribution in [1.29, 1.82) is 0 Å². The number of pyridine rings is 1. The van der Waals surface area contributed by atoms with Crippen molar-refractivity contribution in [3.8, 4) is 10.7 Å². The van der Waals surface area contributed by atoms with Gasteiger partial charge in [0.1, 0.15) is 4.83 Å². The number of anilines is 2. The van der Waals surface area contributed by atoms with Gasteiger partial charge in [-0.25, -0.2) is 4.98 Å². The highest BCUT2D eigenvalue weighted by Gasteiger charge is 2.25. The largest absolute Gasteiger partial charge is 0.397 e. The van der Waals surface area contributed by atoms with E-state index in [0.717, 1.165) is 51.4 Å². The number of rotatable bonds is 7. The second-order valence-electron chi connectivity index (χ2n) is 8.34. The molecule has 0 aliphatic carbocycles. The van der Waals surface area contributed by atoms with Crippen LogP contribution in [0.3, 0.4) is 0 Å². The number of thioether (sulfide) groups is 1. The molecule has 4 heterocycles. The number of aromatic nitrogens is 4. The van der Waals surface area contributed by atoms with Crippen LogP contribution in [0.15, 0.2) is 41.7 Å². The molecule has 1 saturated heterocycles. The summed E-state index contributed by atoms with van der Waals surface area (Å²) >= 11 is 2.87. The Bertz CT molecular complexity index is 1340. The lowest BCUT2D eigenvalue weighted by atomic mass is 10.1. The second kappa shape index (κ2) is 9.73. The van der Waals surface area contributed by atoms with Crippen molar-refractivity contribution in [3.63, 3.8) is 0 Å². The van der Waals surface area contributed by atoms with E-state index in [0.29, 0.717) is 23.2 Å². The van der Waals surface area contributed by atoms with Gasteiger partial charge in [0.2, 0.25) is 5.91 Å². The van der Waals surface area contributed by atoms with Crippen LogP contribution in [0.25, 0.3) is 20.9 Å². The van der Waals surface area contributed by atoms with Gasteiger partial charge in [-0.1, -0.05) is 23.9 Å². The lowest BCUT2D eigenvalue weighted by Gasteiger charge is -2.14. The zero-order valence-corrected chi connectivity index (χ0v) is 20.7. The van der Waals surface area contributed by atoms with Gasteiger partial charge in [0.25, 0.3) is 0 Å². The summed E-state index contributed by atoms with van der Waals surface area (Å²) in [6.07, 6.45) is 3.87. The maximum absolute atomic E-state index is 12.7. The van der Waals surface area contributed by atoms with Gasteiger partial charge in [-0.3, -0.25) is 9.36 Å². The van der Waals surface area contributed by atoms with Crippen LogP contribution in [-0.2, 0) is 16.1 Å². The van der Waals surface area contributed by atoms with Gasteiger partial charge >= 0.3 is 0 Å². The SMILES string of the molecule is Cc1cccc(NC(=O)CSc2nnc(-c3sc4ncccc4c3N)n2C[C@@H]2CCCO2)c1C. The maximum Gasteiger partial charge on any atom is 0.234 e. The van der Waals surface area contributed by atoms with Gasteiger partial charge in [-0.15, -0.1) is 21.5 Å². The lowest BCUT2D eigenvalue weighted by Crippen LogP contribution is -2.18. The molecule has 0 bridgehead atoms. The number of aryl methyl sites for hydroxylation is 1. The number of fused-ring (bicyclic) bond motifs is 1. The average molecular weight is 495 g/mol. The number of nitrogens with one attached hydrogen (secondary N) is 1. The number of carbonyl (C=O) groups is 1. The van der Waals surface area contributed by atoms with Crippen LogP contribution in [0.1, 0.15) is 24.0 Å². The third-order valence-electron chi connectivity index (χ3n) is 6.05. The van der Waals surface area contributed by atoms with Crippen LogP contribution < -0.4 is 11.1 Å². The zero-order chi connectivity index (χ0) is 23.7. The van der Waals surface area contributed by atoms with E-state index in [9.17, 15) is 4.79 Å². The molecule has 0 radical (unpaired) electrons. The van der Waals surface area contributed by atoms with Crippen LogP contribution >= 0.6 is 23.1 Å². The molecule has 4 aromatic rings. The molecule has 3 aromatic heterocycles. The molecule has 1 aliphatic rings. The molecule has 5 rings (SSSR count). The summed E-state index contributed by atoms with van der Waals surface area (Å²) in [5, 5.41) is 13.5. The molecule has 0 spiro atoms. The second-order valence-corrected chi connectivity index (χ2v) is 10.3. The standard InChI is InChI=1S/C24H26N6O2S2/c1-14-6-3-9-18(15(14)2)27-19(31)13-33-24-29-28-22(30(24)12-16-7-5-11-32-16)21-20(25)17-8-4-10-26-23(17)34-21/h3-4,6,8-10,16H,5,7,11-13,25H2,1-2H3,(H,27,31)/t16-/m0/s1. The minimum atomic E-state index is -0.0857. The smallest absolute Gasteiger partial charge is 0.234 e. The lowest BCUT2D eigenvalue weighted by molar-refractivity contribution is -0.113. The van der Waals surface area contributed by atoms with Crippen molar-refractivity contribution >= 4 is 50.6 Å². The number of ether oxygens (including phenoxy) is 1. The highest BCUT2D eigenvalue weighted by molar-refractivity contribution is 7.99. The molecule has 10 heteroatoms.